The summed E-state index contributed by atoms with van der Waals surface area (Å²) in [6.45, 7) is -0.0725. The van der Waals surface area contributed by atoms with Crippen LogP contribution in [0.4, 0.5) is 0 Å². The Labute approximate surface area is 149 Å². The third-order valence-corrected chi connectivity index (χ3v) is 4.55. The summed E-state index contributed by atoms with van der Waals surface area (Å²) < 4.78 is 8.55. The lowest BCUT2D eigenvalue weighted by atomic mass is 10.2. The zero-order valence-electron chi connectivity index (χ0n) is 13.3. The number of carbonyl (C=O) groups is 1. The molecule has 1 aromatic carbocycles. The van der Waals surface area contributed by atoms with Crippen LogP contribution in [0.25, 0.3) is 0 Å². The first-order valence-electron chi connectivity index (χ1n) is 8.08. The van der Waals surface area contributed by atoms with Gasteiger partial charge in [0.2, 0.25) is 0 Å². The minimum Gasteiger partial charge on any atom is -0.484 e. The van der Waals surface area contributed by atoms with Crippen molar-refractivity contribution in [3.05, 3.63) is 52.8 Å². The van der Waals surface area contributed by atoms with Gasteiger partial charge in [-0.05, 0) is 37.1 Å². The first-order valence-corrected chi connectivity index (χ1v) is 8.88. The Morgan fingerprint density at radius 3 is 3.00 bits per heavy atom. The molecule has 0 aliphatic heterocycles. The highest BCUT2D eigenvalue weighted by Gasteiger charge is 2.15. The van der Waals surface area contributed by atoms with E-state index in [-0.39, 0.29) is 12.5 Å². The van der Waals surface area contributed by atoms with Gasteiger partial charge in [0.05, 0.1) is 6.21 Å². The summed E-state index contributed by atoms with van der Waals surface area (Å²) in [5.41, 5.74) is 3.46. The molecule has 3 rings (SSSR count). The van der Waals surface area contributed by atoms with Gasteiger partial charge in [-0.2, -0.15) is 5.10 Å². The summed E-state index contributed by atoms with van der Waals surface area (Å²) in [6, 6.07) is 9.97. The molecule has 1 aromatic heterocycles. The first-order chi connectivity index (χ1) is 11.7. The number of hydrogen-bond donors (Lipinski definition) is 1. The molecular weight excluding hydrogens is 370 g/mol. The molecular formula is C18H20BrN3O2. The standard InChI is InChI=1S/C18H20BrN3O2/c19-15-4-3-7-17(10-15)24-13-18(23)21-20-11-14-8-9-22(12-14)16-5-1-2-6-16/h3-4,7-12,16H,1-2,5-6,13H2,(H,21,23)/b20-11+. The Balaban J connectivity index is 1.44. The fraction of sp³-hybridized carbons (Fsp3) is 0.333. The second kappa shape index (κ2) is 8.15. The lowest BCUT2D eigenvalue weighted by Gasteiger charge is -2.10. The Morgan fingerprint density at radius 2 is 2.21 bits per heavy atom. The van der Waals surface area contributed by atoms with Crippen molar-refractivity contribution in [1.82, 2.24) is 9.99 Å². The third-order valence-electron chi connectivity index (χ3n) is 4.05. The van der Waals surface area contributed by atoms with Crippen molar-refractivity contribution < 1.29 is 9.53 Å². The van der Waals surface area contributed by atoms with Gasteiger partial charge in [-0.15, -0.1) is 0 Å². The summed E-state index contributed by atoms with van der Waals surface area (Å²) in [5, 5.41) is 3.98. The van der Waals surface area contributed by atoms with Gasteiger partial charge in [0, 0.05) is 28.5 Å². The van der Waals surface area contributed by atoms with Crippen LogP contribution in [-0.2, 0) is 4.79 Å². The number of hydrazone groups is 1. The lowest BCUT2D eigenvalue weighted by molar-refractivity contribution is -0.123. The number of rotatable bonds is 6. The van der Waals surface area contributed by atoms with Gasteiger partial charge in [-0.1, -0.05) is 34.8 Å². The van der Waals surface area contributed by atoms with Crippen molar-refractivity contribution in [3.63, 3.8) is 0 Å². The van der Waals surface area contributed by atoms with Crippen LogP contribution in [0.3, 0.4) is 0 Å². The van der Waals surface area contributed by atoms with Gasteiger partial charge in [-0.3, -0.25) is 4.79 Å². The van der Waals surface area contributed by atoms with Crippen LogP contribution >= 0.6 is 15.9 Å². The van der Waals surface area contributed by atoms with Gasteiger partial charge in [0.25, 0.3) is 5.91 Å². The Bertz CT molecular complexity index is 721. The summed E-state index contributed by atoms with van der Waals surface area (Å²) in [7, 11) is 0. The van der Waals surface area contributed by atoms with Crippen molar-refractivity contribution in [2.75, 3.05) is 6.61 Å². The van der Waals surface area contributed by atoms with E-state index in [1.807, 2.05) is 24.3 Å². The minimum absolute atomic E-state index is 0.0725. The van der Waals surface area contributed by atoms with Gasteiger partial charge < -0.3 is 9.30 Å². The van der Waals surface area contributed by atoms with E-state index in [1.165, 1.54) is 25.7 Å². The van der Waals surface area contributed by atoms with Crippen LogP contribution in [0, 0.1) is 0 Å². The zero-order chi connectivity index (χ0) is 16.8. The van der Waals surface area contributed by atoms with E-state index in [4.69, 9.17) is 4.74 Å². The van der Waals surface area contributed by atoms with Crippen LogP contribution in [0.2, 0.25) is 0 Å². The fourth-order valence-corrected chi connectivity index (χ4v) is 3.23. The van der Waals surface area contributed by atoms with E-state index in [0.717, 1.165) is 10.0 Å². The fourth-order valence-electron chi connectivity index (χ4n) is 2.85. The number of ether oxygens (including phenoxy) is 1. The summed E-state index contributed by atoms with van der Waals surface area (Å²) in [6.07, 6.45) is 10.9. The summed E-state index contributed by atoms with van der Waals surface area (Å²) in [4.78, 5) is 11.7. The normalized spacial score (nSPS) is 15.0. The van der Waals surface area contributed by atoms with Crippen LogP contribution in [0.15, 0.2) is 52.3 Å². The molecule has 126 valence electrons. The number of amides is 1. The predicted octanol–water partition coefficient (Wildman–Crippen LogP) is 3.89. The van der Waals surface area contributed by atoms with Gasteiger partial charge in [0.15, 0.2) is 6.61 Å². The maximum absolute atomic E-state index is 11.7. The third kappa shape index (κ3) is 4.71. The SMILES string of the molecule is O=C(COc1cccc(Br)c1)N/N=C/c1ccn(C2CCCC2)c1. The molecule has 1 heterocycles. The maximum atomic E-state index is 11.7. The van der Waals surface area contributed by atoms with E-state index in [1.54, 1.807) is 12.3 Å². The molecule has 0 spiro atoms. The summed E-state index contributed by atoms with van der Waals surface area (Å²) >= 11 is 3.36. The predicted molar refractivity (Wildman–Crippen MR) is 97.3 cm³/mol. The maximum Gasteiger partial charge on any atom is 0.277 e. The molecule has 24 heavy (non-hydrogen) atoms. The topological polar surface area (TPSA) is 55.6 Å². The van der Waals surface area contributed by atoms with E-state index in [2.05, 4.69) is 43.4 Å². The van der Waals surface area contributed by atoms with Gasteiger partial charge in [-0.25, -0.2) is 5.43 Å². The van der Waals surface area contributed by atoms with E-state index in [9.17, 15) is 4.79 Å². The Morgan fingerprint density at radius 1 is 1.38 bits per heavy atom. The largest absolute Gasteiger partial charge is 0.484 e. The number of carbonyl (C=O) groups excluding carboxylic acids is 1. The quantitative estimate of drug-likeness (QED) is 0.601. The highest BCUT2D eigenvalue weighted by atomic mass is 79.9. The Kier molecular flexibility index (Phi) is 5.69. The van der Waals surface area contributed by atoms with Crippen molar-refractivity contribution in [3.8, 4) is 5.75 Å². The molecule has 1 fully saturated rings. The summed E-state index contributed by atoms with van der Waals surface area (Å²) in [5.74, 6) is 0.346. The van der Waals surface area contributed by atoms with Crippen LogP contribution in [0.5, 0.6) is 5.75 Å². The smallest absolute Gasteiger partial charge is 0.277 e. The van der Waals surface area contributed by atoms with Crippen molar-refractivity contribution in [1.29, 1.82) is 0 Å². The van der Waals surface area contributed by atoms with Crippen LogP contribution < -0.4 is 10.2 Å². The zero-order valence-corrected chi connectivity index (χ0v) is 14.9. The second-order valence-corrected chi connectivity index (χ2v) is 6.79. The van der Waals surface area contributed by atoms with Crippen LogP contribution in [-0.4, -0.2) is 23.3 Å². The minimum atomic E-state index is -0.290. The number of hydrogen-bond acceptors (Lipinski definition) is 3. The van der Waals surface area contributed by atoms with Gasteiger partial charge >= 0.3 is 0 Å². The molecule has 0 bridgehead atoms. The highest BCUT2D eigenvalue weighted by molar-refractivity contribution is 9.10. The van der Waals surface area contributed by atoms with Crippen molar-refractivity contribution in [2.45, 2.75) is 31.7 Å². The molecule has 1 saturated carbocycles. The molecule has 0 radical (unpaired) electrons. The molecule has 2 aromatic rings. The lowest BCUT2D eigenvalue weighted by Crippen LogP contribution is -2.24. The molecule has 1 N–H and O–H groups in total. The molecule has 0 unspecified atom stereocenters. The van der Waals surface area contributed by atoms with Crippen LogP contribution in [0.1, 0.15) is 37.3 Å². The number of nitrogens with one attached hydrogen (secondary N) is 1. The average molecular weight is 390 g/mol. The highest BCUT2D eigenvalue weighted by Crippen LogP contribution is 2.29. The molecule has 6 heteroatoms. The van der Waals surface area contributed by atoms with E-state index >= 15 is 0 Å². The number of halogens is 1. The van der Waals surface area contributed by atoms with Crippen molar-refractivity contribution >= 4 is 28.1 Å². The van der Waals surface area contributed by atoms with Gasteiger partial charge in [0.1, 0.15) is 5.75 Å². The Hall–Kier alpha value is -2.08. The molecule has 1 amide bonds. The molecule has 5 nitrogen and oxygen atoms in total. The monoisotopic (exact) mass is 389 g/mol. The number of benzene rings is 1. The molecule has 0 atom stereocenters. The average Bonchev–Trinajstić information content (AvgIpc) is 3.24. The molecule has 1 aliphatic carbocycles. The molecule has 0 saturated heterocycles. The number of aromatic nitrogens is 1. The second-order valence-electron chi connectivity index (χ2n) is 5.87. The van der Waals surface area contributed by atoms with E-state index in [0.29, 0.717) is 11.8 Å². The number of nitrogens with zero attached hydrogens (tertiary/aromatic N) is 2. The van der Waals surface area contributed by atoms with E-state index < -0.39 is 0 Å². The first kappa shape index (κ1) is 16.8. The van der Waals surface area contributed by atoms with Crippen molar-refractivity contribution in [2.24, 2.45) is 5.10 Å². The molecule has 1 aliphatic rings.